The predicted octanol–water partition coefficient (Wildman–Crippen LogP) is 4.58. The third kappa shape index (κ3) is 7.81. The second-order valence-corrected chi connectivity index (χ2v) is 16.2. The van der Waals surface area contributed by atoms with Gasteiger partial charge in [-0.05, 0) is 106 Å². The van der Waals surface area contributed by atoms with Crippen molar-refractivity contribution in [1.82, 2.24) is 20.4 Å². The van der Waals surface area contributed by atoms with Crippen molar-refractivity contribution in [1.29, 1.82) is 5.26 Å². The largest absolute Gasteiger partial charge is 0.372 e. The first-order chi connectivity index (χ1) is 27.6. The topological polar surface area (TPSA) is 149 Å². The minimum atomic E-state index is -0.973. The number of piperazine rings is 1. The molecule has 1 aliphatic carbocycles. The fourth-order valence-corrected chi connectivity index (χ4v) is 9.43. The second kappa shape index (κ2) is 16.2. The van der Waals surface area contributed by atoms with Crippen LogP contribution in [-0.2, 0) is 9.59 Å². The van der Waals surface area contributed by atoms with Gasteiger partial charge in [0.05, 0.1) is 21.7 Å². The molecule has 1 unspecified atom stereocenters. The number of hydrogen-bond acceptors (Lipinski definition) is 10. The molecule has 1 saturated carbocycles. The monoisotopic (exact) mass is 790 g/mol. The molecular formula is C43H47ClN8O5. The fourth-order valence-electron chi connectivity index (χ4n) is 9.21. The zero-order chi connectivity index (χ0) is 39.8. The van der Waals surface area contributed by atoms with Gasteiger partial charge >= 0.3 is 0 Å². The molecule has 4 fully saturated rings. The van der Waals surface area contributed by atoms with E-state index >= 15 is 0 Å². The number of anilines is 3. The molecule has 5 amide bonds. The molecule has 4 aliphatic heterocycles. The lowest BCUT2D eigenvalue weighted by molar-refractivity contribution is -0.136. The van der Waals surface area contributed by atoms with Crippen LogP contribution < -0.4 is 25.3 Å². The van der Waals surface area contributed by atoms with Gasteiger partial charge in [0.25, 0.3) is 17.7 Å². The molecule has 4 heterocycles. The van der Waals surface area contributed by atoms with Gasteiger partial charge in [0, 0.05) is 93.5 Å². The molecule has 5 aliphatic rings. The maximum Gasteiger partial charge on any atom is 0.262 e. The summed E-state index contributed by atoms with van der Waals surface area (Å²) < 4.78 is 0. The van der Waals surface area contributed by atoms with Crippen LogP contribution in [0.15, 0.2) is 60.7 Å². The Morgan fingerprint density at radius 3 is 2.12 bits per heavy atom. The number of nitriles is 1. The van der Waals surface area contributed by atoms with Gasteiger partial charge in [-0.3, -0.25) is 39.1 Å². The molecule has 0 spiro atoms. The maximum atomic E-state index is 13.3. The number of amides is 5. The average Bonchev–Trinajstić information content (AvgIpc) is 3.48. The van der Waals surface area contributed by atoms with Gasteiger partial charge in [0.1, 0.15) is 12.1 Å². The van der Waals surface area contributed by atoms with Crippen LogP contribution >= 0.6 is 11.6 Å². The van der Waals surface area contributed by atoms with Gasteiger partial charge in [0.2, 0.25) is 11.8 Å². The number of fused-ring (bicyclic) bond motifs is 1. The highest BCUT2D eigenvalue weighted by molar-refractivity contribution is 6.32. The summed E-state index contributed by atoms with van der Waals surface area (Å²) in [4.78, 5) is 74.2. The summed E-state index contributed by atoms with van der Waals surface area (Å²) in [6.45, 7) is 5.26. The Morgan fingerprint density at radius 2 is 1.46 bits per heavy atom. The number of hydrogen-bond donors (Lipinski definition) is 2. The van der Waals surface area contributed by atoms with E-state index in [1.165, 1.54) is 0 Å². The van der Waals surface area contributed by atoms with E-state index in [0.717, 1.165) is 99.8 Å². The highest BCUT2D eigenvalue weighted by Crippen LogP contribution is 2.33. The second-order valence-electron chi connectivity index (χ2n) is 15.8. The SMILES string of the molecule is CN(c1ccc(C#N)c(Cl)c1)C1CCC(NC(=O)c2ccc(N3CCC(N4CCN(c5ccc6c(c5)C(=O)N(C5CCC(=O)NC5=O)C6=O)CC4)CC3)cc2)CC1. The van der Waals surface area contributed by atoms with Crippen LogP contribution in [0.4, 0.5) is 17.1 Å². The van der Waals surface area contributed by atoms with Crippen LogP contribution in [0, 0.1) is 11.3 Å². The third-order valence-corrected chi connectivity index (χ3v) is 13.0. The van der Waals surface area contributed by atoms with Gasteiger partial charge in [-0.2, -0.15) is 5.26 Å². The van der Waals surface area contributed by atoms with E-state index in [9.17, 15) is 29.2 Å². The fraction of sp³-hybridized carbons (Fsp3) is 0.442. The Labute approximate surface area is 337 Å². The smallest absolute Gasteiger partial charge is 0.262 e. The van der Waals surface area contributed by atoms with Crippen LogP contribution in [0.1, 0.15) is 88.0 Å². The van der Waals surface area contributed by atoms with Gasteiger partial charge in [-0.15, -0.1) is 0 Å². The molecule has 0 bridgehead atoms. The van der Waals surface area contributed by atoms with Crippen molar-refractivity contribution in [3.05, 3.63) is 87.9 Å². The summed E-state index contributed by atoms with van der Waals surface area (Å²) >= 11 is 6.27. The highest BCUT2D eigenvalue weighted by atomic mass is 35.5. The Balaban J connectivity index is 0.776. The molecule has 3 saturated heterocycles. The van der Waals surface area contributed by atoms with Crippen molar-refractivity contribution < 1.29 is 24.0 Å². The Kier molecular flexibility index (Phi) is 10.9. The number of carbonyl (C=O) groups excluding carboxylic acids is 5. The van der Waals surface area contributed by atoms with E-state index in [4.69, 9.17) is 11.6 Å². The number of piperidine rings is 2. The summed E-state index contributed by atoms with van der Waals surface area (Å²) in [7, 11) is 2.06. The third-order valence-electron chi connectivity index (χ3n) is 12.6. The molecule has 1 atom stereocenters. The molecule has 13 nitrogen and oxygen atoms in total. The summed E-state index contributed by atoms with van der Waals surface area (Å²) in [5.41, 5.74) is 4.75. The normalized spacial score (nSPS) is 23.2. The maximum absolute atomic E-state index is 13.3. The minimum absolute atomic E-state index is 0.0377. The van der Waals surface area contributed by atoms with Crippen molar-refractivity contribution in [2.75, 3.05) is 61.0 Å². The van der Waals surface area contributed by atoms with E-state index in [-0.39, 0.29) is 24.8 Å². The summed E-state index contributed by atoms with van der Waals surface area (Å²) in [5, 5.41) is 15.1. The van der Waals surface area contributed by atoms with Gasteiger partial charge in [0.15, 0.2) is 0 Å². The van der Waals surface area contributed by atoms with E-state index in [0.29, 0.717) is 39.4 Å². The number of halogens is 1. The van der Waals surface area contributed by atoms with Crippen LogP contribution in [0.25, 0.3) is 0 Å². The van der Waals surface area contributed by atoms with Crippen molar-refractivity contribution >= 4 is 58.2 Å². The predicted molar refractivity (Wildman–Crippen MR) is 217 cm³/mol. The first-order valence-corrected chi connectivity index (χ1v) is 20.4. The highest BCUT2D eigenvalue weighted by Gasteiger charge is 2.45. The molecule has 0 radical (unpaired) electrons. The number of nitrogens with zero attached hydrogens (tertiary/aromatic N) is 6. The molecule has 2 N–H and O–H groups in total. The zero-order valence-corrected chi connectivity index (χ0v) is 32.8. The first kappa shape index (κ1) is 38.4. The van der Waals surface area contributed by atoms with Crippen LogP contribution in [0.5, 0.6) is 0 Å². The molecule has 0 aromatic heterocycles. The standard InChI is InChI=1S/C43H47ClN8O5/c1-48(33-9-4-28(26-45)37(44)25-33)30-10-5-29(6-11-30)46-40(54)27-2-7-31(8-3-27)49-18-16-32(17-19-49)50-20-22-51(23-21-50)34-12-13-35-36(24-34)43(57)52(42(35)56)38-14-15-39(53)47-41(38)55/h2-4,7-9,12-13,24-25,29-30,32,38H,5-6,10-11,14-23H2,1H3,(H,46,54)(H,47,53,55). The molecule has 8 rings (SSSR count). The molecular weight excluding hydrogens is 744 g/mol. The van der Waals surface area contributed by atoms with Crippen molar-refractivity contribution in [2.45, 2.75) is 75.5 Å². The van der Waals surface area contributed by atoms with Crippen molar-refractivity contribution in [2.24, 2.45) is 0 Å². The number of benzene rings is 3. The number of carbonyl (C=O) groups is 5. The minimum Gasteiger partial charge on any atom is -0.372 e. The lowest BCUT2D eigenvalue weighted by atomic mass is 9.90. The molecule has 3 aromatic carbocycles. The summed E-state index contributed by atoms with van der Waals surface area (Å²) in [6, 6.07) is 20.9. The lowest BCUT2D eigenvalue weighted by Crippen LogP contribution is -2.54. The lowest BCUT2D eigenvalue weighted by Gasteiger charge is -2.44. The van der Waals surface area contributed by atoms with E-state index in [1.807, 2.05) is 30.3 Å². The molecule has 14 heteroatoms. The summed E-state index contributed by atoms with van der Waals surface area (Å²) in [5.74, 6) is -2.01. The van der Waals surface area contributed by atoms with E-state index < -0.39 is 29.7 Å². The Hall–Kier alpha value is -5.45. The zero-order valence-electron chi connectivity index (χ0n) is 32.1. The Bertz CT molecular complexity index is 2110. The van der Waals surface area contributed by atoms with Gasteiger partial charge in [-0.25, -0.2) is 0 Å². The van der Waals surface area contributed by atoms with Crippen molar-refractivity contribution in [3.8, 4) is 6.07 Å². The van der Waals surface area contributed by atoms with Gasteiger partial charge in [-0.1, -0.05) is 11.6 Å². The first-order valence-electron chi connectivity index (χ1n) is 20.0. The molecule has 296 valence electrons. The van der Waals surface area contributed by atoms with Crippen LogP contribution in [-0.4, -0.2) is 110 Å². The molecule has 57 heavy (non-hydrogen) atoms. The number of rotatable bonds is 8. The average molecular weight is 791 g/mol. The number of imide groups is 2. The Morgan fingerprint density at radius 1 is 0.789 bits per heavy atom. The van der Waals surface area contributed by atoms with Gasteiger partial charge < -0.3 is 20.0 Å². The van der Waals surface area contributed by atoms with Crippen LogP contribution in [0.2, 0.25) is 5.02 Å². The van der Waals surface area contributed by atoms with E-state index in [2.05, 4.69) is 55.5 Å². The summed E-state index contributed by atoms with van der Waals surface area (Å²) in [6.07, 6.45) is 6.03. The quantitative estimate of drug-likeness (QED) is 0.311. The number of nitrogens with one attached hydrogen (secondary N) is 2. The van der Waals surface area contributed by atoms with Crippen LogP contribution in [0.3, 0.4) is 0 Å². The van der Waals surface area contributed by atoms with E-state index in [1.54, 1.807) is 18.2 Å². The van der Waals surface area contributed by atoms with Crippen molar-refractivity contribution in [3.63, 3.8) is 0 Å². The molecule has 3 aromatic rings.